The lowest BCUT2D eigenvalue weighted by atomic mass is 10.1. The van der Waals surface area contributed by atoms with E-state index >= 15 is 0 Å². The van der Waals surface area contributed by atoms with E-state index in [9.17, 15) is 9.59 Å². The molecule has 3 rings (SSSR count). The predicted molar refractivity (Wildman–Crippen MR) is 90.0 cm³/mol. The van der Waals surface area contributed by atoms with Crippen molar-refractivity contribution in [2.24, 2.45) is 11.8 Å². The Hall–Kier alpha value is -2.86. The first kappa shape index (κ1) is 16.0. The lowest BCUT2D eigenvalue weighted by Gasteiger charge is -2.17. The van der Waals surface area contributed by atoms with Gasteiger partial charge in [0.05, 0.1) is 5.92 Å². The summed E-state index contributed by atoms with van der Waals surface area (Å²) < 4.78 is 5.73. The molecule has 0 spiro atoms. The highest BCUT2D eigenvalue weighted by atomic mass is 16.5. The largest absolute Gasteiger partial charge is 0.489 e. The van der Waals surface area contributed by atoms with Crippen LogP contribution in [-0.4, -0.2) is 18.4 Å². The lowest BCUT2D eigenvalue weighted by Crippen LogP contribution is -2.37. The van der Waals surface area contributed by atoms with E-state index in [4.69, 9.17) is 10.6 Å². The van der Waals surface area contributed by atoms with E-state index in [0.717, 1.165) is 17.0 Å². The molecule has 0 radical (unpaired) electrons. The summed E-state index contributed by atoms with van der Waals surface area (Å²) in [5.74, 6) is 5.06. The van der Waals surface area contributed by atoms with Crippen molar-refractivity contribution >= 4 is 17.5 Å². The summed E-state index contributed by atoms with van der Waals surface area (Å²) in [6.45, 7) is 0.827. The van der Waals surface area contributed by atoms with Crippen molar-refractivity contribution in [1.29, 1.82) is 0 Å². The molecule has 0 saturated carbocycles. The van der Waals surface area contributed by atoms with Crippen LogP contribution in [0.2, 0.25) is 0 Å². The van der Waals surface area contributed by atoms with Crippen LogP contribution < -0.4 is 20.9 Å². The van der Waals surface area contributed by atoms with Gasteiger partial charge < -0.3 is 9.64 Å². The van der Waals surface area contributed by atoms with Gasteiger partial charge in [0, 0.05) is 18.7 Å². The second-order valence-electron chi connectivity index (χ2n) is 5.68. The Kier molecular flexibility index (Phi) is 4.77. The molecule has 1 heterocycles. The van der Waals surface area contributed by atoms with Crippen molar-refractivity contribution in [1.82, 2.24) is 5.43 Å². The third kappa shape index (κ3) is 3.55. The van der Waals surface area contributed by atoms with Gasteiger partial charge in [0.1, 0.15) is 12.4 Å². The molecule has 0 aromatic heterocycles. The van der Waals surface area contributed by atoms with Gasteiger partial charge in [-0.25, -0.2) is 5.84 Å². The van der Waals surface area contributed by atoms with Crippen LogP contribution in [-0.2, 0) is 16.2 Å². The van der Waals surface area contributed by atoms with Crippen LogP contribution in [0.1, 0.15) is 12.0 Å². The zero-order chi connectivity index (χ0) is 16.9. The first-order chi connectivity index (χ1) is 11.7. The minimum absolute atomic E-state index is 0.0819. The van der Waals surface area contributed by atoms with Crippen molar-refractivity contribution < 1.29 is 14.3 Å². The number of nitrogens with zero attached hydrogens (tertiary/aromatic N) is 1. The molecule has 6 nitrogen and oxygen atoms in total. The molecular weight excluding hydrogens is 306 g/mol. The minimum Gasteiger partial charge on any atom is -0.489 e. The standard InChI is InChI=1S/C18H19N3O3/c19-20-18(23)14-10-17(22)21(11-14)15-6-8-16(9-7-15)24-12-13-4-2-1-3-5-13/h1-9,14H,10-12,19H2,(H,20,23). The molecule has 2 amide bonds. The Morgan fingerprint density at radius 2 is 1.88 bits per heavy atom. The van der Waals surface area contributed by atoms with Crippen molar-refractivity contribution in [2.75, 3.05) is 11.4 Å². The van der Waals surface area contributed by atoms with Crippen molar-refractivity contribution in [3.8, 4) is 5.75 Å². The molecule has 1 aliphatic heterocycles. The molecule has 24 heavy (non-hydrogen) atoms. The van der Waals surface area contributed by atoms with Gasteiger partial charge in [-0.15, -0.1) is 0 Å². The van der Waals surface area contributed by atoms with Gasteiger partial charge in [-0.2, -0.15) is 0 Å². The fourth-order valence-electron chi connectivity index (χ4n) is 2.71. The van der Waals surface area contributed by atoms with Gasteiger partial charge in [-0.1, -0.05) is 30.3 Å². The van der Waals surface area contributed by atoms with E-state index in [0.29, 0.717) is 13.2 Å². The average Bonchev–Trinajstić information content (AvgIpc) is 3.02. The maximum absolute atomic E-state index is 12.1. The maximum atomic E-state index is 12.1. The molecule has 0 aliphatic carbocycles. The van der Waals surface area contributed by atoms with Gasteiger partial charge in [-0.05, 0) is 29.8 Å². The number of hydrogen-bond donors (Lipinski definition) is 2. The molecule has 1 unspecified atom stereocenters. The van der Waals surface area contributed by atoms with Gasteiger partial charge in [0.15, 0.2) is 0 Å². The lowest BCUT2D eigenvalue weighted by molar-refractivity contribution is -0.126. The number of anilines is 1. The Balaban J connectivity index is 1.62. The zero-order valence-electron chi connectivity index (χ0n) is 13.1. The number of hydrogen-bond acceptors (Lipinski definition) is 4. The topological polar surface area (TPSA) is 84.7 Å². The quantitative estimate of drug-likeness (QED) is 0.497. The van der Waals surface area contributed by atoms with E-state index in [1.54, 1.807) is 4.90 Å². The molecule has 124 valence electrons. The number of rotatable bonds is 5. The normalized spacial score (nSPS) is 17.0. The van der Waals surface area contributed by atoms with Gasteiger partial charge in [0.2, 0.25) is 11.8 Å². The van der Waals surface area contributed by atoms with Gasteiger partial charge in [-0.3, -0.25) is 15.0 Å². The van der Waals surface area contributed by atoms with E-state index in [1.807, 2.05) is 54.6 Å². The first-order valence-corrected chi connectivity index (χ1v) is 7.75. The van der Waals surface area contributed by atoms with Crippen LogP contribution in [0.3, 0.4) is 0 Å². The molecule has 2 aromatic carbocycles. The van der Waals surface area contributed by atoms with Crippen LogP contribution in [0.5, 0.6) is 5.75 Å². The van der Waals surface area contributed by atoms with Crippen LogP contribution in [0, 0.1) is 5.92 Å². The number of amides is 2. The van der Waals surface area contributed by atoms with Gasteiger partial charge >= 0.3 is 0 Å². The van der Waals surface area contributed by atoms with Crippen LogP contribution in [0.25, 0.3) is 0 Å². The summed E-state index contributed by atoms with van der Waals surface area (Å²) >= 11 is 0. The monoisotopic (exact) mass is 325 g/mol. The highest BCUT2D eigenvalue weighted by Crippen LogP contribution is 2.27. The second kappa shape index (κ2) is 7.14. The van der Waals surface area contributed by atoms with Crippen molar-refractivity contribution in [3.63, 3.8) is 0 Å². The molecule has 1 saturated heterocycles. The first-order valence-electron chi connectivity index (χ1n) is 7.75. The SMILES string of the molecule is NNC(=O)C1CC(=O)N(c2ccc(OCc3ccccc3)cc2)C1. The summed E-state index contributed by atoms with van der Waals surface area (Å²) in [6.07, 6.45) is 0.176. The second-order valence-corrected chi connectivity index (χ2v) is 5.68. The van der Waals surface area contributed by atoms with Gasteiger partial charge in [0.25, 0.3) is 0 Å². The Labute approximate surface area is 140 Å². The summed E-state index contributed by atoms with van der Waals surface area (Å²) in [6, 6.07) is 17.2. The number of benzene rings is 2. The maximum Gasteiger partial charge on any atom is 0.239 e. The zero-order valence-corrected chi connectivity index (χ0v) is 13.1. The molecule has 6 heteroatoms. The summed E-state index contributed by atoms with van der Waals surface area (Å²) in [7, 11) is 0. The third-order valence-electron chi connectivity index (χ3n) is 4.03. The fourth-order valence-corrected chi connectivity index (χ4v) is 2.71. The predicted octanol–water partition coefficient (Wildman–Crippen LogP) is 1.61. The molecule has 2 aromatic rings. The number of nitrogens with one attached hydrogen (secondary N) is 1. The van der Waals surface area contributed by atoms with E-state index in [-0.39, 0.29) is 18.2 Å². The number of ether oxygens (including phenoxy) is 1. The smallest absolute Gasteiger partial charge is 0.239 e. The number of nitrogens with two attached hydrogens (primary N) is 1. The van der Waals surface area contributed by atoms with Crippen LogP contribution >= 0.6 is 0 Å². The fraction of sp³-hybridized carbons (Fsp3) is 0.222. The highest BCUT2D eigenvalue weighted by Gasteiger charge is 2.34. The molecule has 1 aliphatic rings. The minimum atomic E-state index is -0.406. The molecule has 1 atom stereocenters. The van der Waals surface area contributed by atoms with E-state index in [2.05, 4.69) is 5.43 Å². The van der Waals surface area contributed by atoms with Crippen LogP contribution in [0.15, 0.2) is 54.6 Å². The van der Waals surface area contributed by atoms with E-state index < -0.39 is 5.92 Å². The summed E-state index contributed by atoms with van der Waals surface area (Å²) in [4.78, 5) is 25.2. The van der Waals surface area contributed by atoms with Crippen LogP contribution in [0.4, 0.5) is 5.69 Å². The summed E-state index contributed by atoms with van der Waals surface area (Å²) in [5, 5.41) is 0. The van der Waals surface area contributed by atoms with E-state index in [1.165, 1.54) is 0 Å². The summed E-state index contributed by atoms with van der Waals surface area (Å²) in [5.41, 5.74) is 3.94. The molecule has 3 N–H and O–H groups in total. The molecule has 0 bridgehead atoms. The third-order valence-corrected chi connectivity index (χ3v) is 4.03. The molecular formula is C18H19N3O3. The van der Waals surface area contributed by atoms with Crippen molar-refractivity contribution in [3.05, 3.63) is 60.2 Å². The number of carbonyl (C=O) groups is 2. The Morgan fingerprint density at radius 1 is 1.17 bits per heavy atom. The Bertz CT molecular complexity index is 716. The Morgan fingerprint density at radius 3 is 2.54 bits per heavy atom. The van der Waals surface area contributed by atoms with Crippen molar-refractivity contribution in [2.45, 2.75) is 13.0 Å². The molecule has 1 fully saturated rings. The number of carbonyl (C=O) groups excluding carboxylic acids is 2. The average molecular weight is 325 g/mol. The highest BCUT2D eigenvalue weighted by molar-refractivity contribution is 6.00. The number of hydrazine groups is 1.